The van der Waals surface area contributed by atoms with Crippen LogP contribution in [0.15, 0.2) is 0 Å². The van der Waals surface area contributed by atoms with Crippen molar-refractivity contribution in [2.75, 3.05) is 13.2 Å². The van der Waals surface area contributed by atoms with Gasteiger partial charge in [0.05, 0.1) is 5.60 Å². The van der Waals surface area contributed by atoms with Crippen molar-refractivity contribution in [3.05, 3.63) is 0 Å². The first kappa shape index (κ1) is 13.0. The van der Waals surface area contributed by atoms with Crippen molar-refractivity contribution in [1.82, 2.24) is 0 Å². The first-order chi connectivity index (χ1) is 7.12. The molecule has 1 saturated carbocycles. The van der Waals surface area contributed by atoms with Gasteiger partial charge in [-0.3, -0.25) is 0 Å². The van der Waals surface area contributed by atoms with E-state index in [2.05, 4.69) is 0 Å². The first-order valence-electron chi connectivity index (χ1n) is 6.42. The monoisotopic (exact) mass is 214 g/mol. The highest BCUT2D eigenvalue weighted by atomic mass is 16.5. The van der Waals surface area contributed by atoms with E-state index >= 15 is 0 Å². The summed E-state index contributed by atoms with van der Waals surface area (Å²) in [5.41, 5.74) is 0.143. The summed E-state index contributed by atoms with van der Waals surface area (Å²) in [6.45, 7) is 7.84. The average molecular weight is 214 g/mol. The number of hydrogen-bond donors (Lipinski definition) is 1. The Bertz CT molecular complexity index is 169. The normalized spacial score (nSPS) is 28.0. The molecule has 1 spiro atoms. The minimum atomic E-state index is -0.385. The second-order valence-electron chi connectivity index (χ2n) is 5.11. The van der Waals surface area contributed by atoms with Gasteiger partial charge in [-0.05, 0) is 50.9 Å². The quantitative estimate of drug-likeness (QED) is 0.671. The van der Waals surface area contributed by atoms with Gasteiger partial charge in [-0.1, -0.05) is 13.8 Å². The van der Waals surface area contributed by atoms with Gasteiger partial charge in [-0.25, -0.2) is 0 Å². The molecule has 0 bridgehead atoms. The van der Waals surface area contributed by atoms with Gasteiger partial charge >= 0.3 is 0 Å². The van der Waals surface area contributed by atoms with Crippen LogP contribution in [0.5, 0.6) is 0 Å². The lowest BCUT2D eigenvalue weighted by atomic mass is 9.65. The molecular weight excluding hydrogens is 188 g/mol. The molecule has 1 saturated heterocycles. The Labute approximate surface area is 94.0 Å². The molecule has 0 aromatic carbocycles. The van der Waals surface area contributed by atoms with Gasteiger partial charge in [0.1, 0.15) is 0 Å². The van der Waals surface area contributed by atoms with Crippen molar-refractivity contribution >= 4 is 0 Å². The summed E-state index contributed by atoms with van der Waals surface area (Å²) in [5, 5.41) is 9.86. The molecule has 90 valence electrons. The third kappa shape index (κ3) is 3.46. The van der Waals surface area contributed by atoms with Gasteiger partial charge in [0, 0.05) is 13.2 Å². The lowest BCUT2D eigenvalue weighted by Crippen LogP contribution is -2.39. The third-order valence-electron chi connectivity index (χ3n) is 3.94. The molecule has 2 rings (SSSR count). The fourth-order valence-corrected chi connectivity index (χ4v) is 2.62. The Hall–Kier alpha value is -0.0800. The molecule has 2 heteroatoms. The van der Waals surface area contributed by atoms with Crippen LogP contribution >= 0.6 is 0 Å². The van der Waals surface area contributed by atoms with Crippen molar-refractivity contribution in [3.63, 3.8) is 0 Å². The van der Waals surface area contributed by atoms with Crippen LogP contribution in [0.25, 0.3) is 0 Å². The van der Waals surface area contributed by atoms with Crippen LogP contribution in [0.1, 0.15) is 59.3 Å². The number of ether oxygens (including phenoxy) is 1. The highest BCUT2D eigenvalue weighted by Crippen LogP contribution is 2.46. The van der Waals surface area contributed by atoms with Crippen LogP contribution in [-0.4, -0.2) is 23.9 Å². The molecule has 0 aromatic heterocycles. The van der Waals surface area contributed by atoms with Gasteiger partial charge in [0.2, 0.25) is 0 Å². The summed E-state index contributed by atoms with van der Waals surface area (Å²) in [6, 6.07) is 0. The van der Waals surface area contributed by atoms with E-state index in [1.807, 2.05) is 20.8 Å². The van der Waals surface area contributed by atoms with Crippen LogP contribution in [0.4, 0.5) is 0 Å². The fraction of sp³-hybridized carbons (Fsp3) is 1.00. The third-order valence-corrected chi connectivity index (χ3v) is 3.94. The molecule has 0 aromatic rings. The zero-order valence-electron chi connectivity index (χ0n) is 10.5. The van der Waals surface area contributed by atoms with Crippen LogP contribution in [0.3, 0.4) is 0 Å². The highest BCUT2D eigenvalue weighted by Gasteiger charge is 2.40. The first-order valence-corrected chi connectivity index (χ1v) is 6.42. The second-order valence-corrected chi connectivity index (χ2v) is 5.11. The molecule has 0 radical (unpaired) electrons. The van der Waals surface area contributed by atoms with E-state index in [9.17, 15) is 5.11 Å². The lowest BCUT2D eigenvalue weighted by Gasteiger charge is -2.44. The Kier molecular flexibility index (Phi) is 4.60. The zero-order valence-corrected chi connectivity index (χ0v) is 10.5. The predicted molar refractivity (Wildman–Crippen MR) is 62.9 cm³/mol. The summed E-state index contributed by atoms with van der Waals surface area (Å²) in [7, 11) is 0. The van der Waals surface area contributed by atoms with Gasteiger partial charge in [-0.15, -0.1) is 0 Å². The molecule has 2 fully saturated rings. The van der Waals surface area contributed by atoms with Crippen molar-refractivity contribution in [1.29, 1.82) is 0 Å². The maximum Gasteiger partial charge on any atom is 0.0620 e. The summed E-state index contributed by atoms with van der Waals surface area (Å²) in [5.74, 6) is 0. The zero-order chi connectivity index (χ0) is 11.4. The van der Waals surface area contributed by atoms with E-state index in [1.54, 1.807) is 0 Å². The number of hydrogen-bond acceptors (Lipinski definition) is 2. The van der Waals surface area contributed by atoms with E-state index in [1.165, 1.54) is 25.7 Å². The predicted octanol–water partition coefficient (Wildman–Crippen LogP) is 3.13. The summed E-state index contributed by atoms with van der Waals surface area (Å²) >= 11 is 0. The highest BCUT2D eigenvalue weighted by molar-refractivity contribution is 4.91. The molecule has 1 heterocycles. The van der Waals surface area contributed by atoms with Crippen molar-refractivity contribution in [3.8, 4) is 0 Å². The fourth-order valence-electron chi connectivity index (χ4n) is 2.62. The van der Waals surface area contributed by atoms with Crippen LogP contribution < -0.4 is 0 Å². The molecular formula is C13H26O2. The maximum atomic E-state index is 9.86. The summed E-state index contributed by atoms with van der Waals surface area (Å²) in [6.07, 6.45) is 6.78. The van der Waals surface area contributed by atoms with Gasteiger partial charge in [0.25, 0.3) is 0 Å². The molecule has 1 N–H and O–H groups in total. The van der Waals surface area contributed by atoms with Crippen LogP contribution in [0, 0.1) is 5.41 Å². The number of rotatable bonds is 0. The van der Waals surface area contributed by atoms with Crippen LogP contribution in [0.2, 0.25) is 0 Å². The van der Waals surface area contributed by atoms with E-state index in [-0.39, 0.29) is 5.60 Å². The van der Waals surface area contributed by atoms with Crippen molar-refractivity contribution < 1.29 is 9.84 Å². The molecule has 0 unspecified atom stereocenters. The van der Waals surface area contributed by atoms with Crippen LogP contribution in [-0.2, 0) is 4.74 Å². The number of aliphatic hydroxyl groups is 1. The maximum absolute atomic E-state index is 9.86. The Morgan fingerprint density at radius 3 is 1.80 bits per heavy atom. The van der Waals surface area contributed by atoms with E-state index in [0.717, 1.165) is 26.1 Å². The average Bonchev–Trinajstić information content (AvgIpc) is 2.28. The van der Waals surface area contributed by atoms with E-state index in [0.29, 0.717) is 5.41 Å². The molecule has 0 amide bonds. The second kappa shape index (κ2) is 5.31. The Morgan fingerprint density at radius 2 is 1.33 bits per heavy atom. The van der Waals surface area contributed by atoms with Gasteiger partial charge < -0.3 is 9.84 Å². The molecule has 2 nitrogen and oxygen atoms in total. The summed E-state index contributed by atoms with van der Waals surface area (Å²) < 4.78 is 5.39. The molecule has 0 atom stereocenters. The standard InChI is InChI=1S/C11H20O2.C2H6/c1-10(12)2-4-11(5-3-10)6-8-13-9-7-11;1-2/h12H,2-9H2,1H3;1-2H3. The Morgan fingerprint density at radius 1 is 0.867 bits per heavy atom. The lowest BCUT2D eigenvalue weighted by molar-refractivity contribution is -0.0625. The molecule has 2 aliphatic rings. The largest absolute Gasteiger partial charge is 0.390 e. The van der Waals surface area contributed by atoms with Crippen molar-refractivity contribution in [2.24, 2.45) is 5.41 Å². The van der Waals surface area contributed by atoms with E-state index in [4.69, 9.17) is 4.74 Å². The SMILES string of the molecule is CC.CC1(O)CCC2(CCOCC2)CC1. The topological polar surface area (TPSA) is 29.5 Å². The van der Waals surface area contributed by atoms with Gasteiger partial charge in [0.15, 0.2) is 0 Å². The van der Waals surface area contributed by atoms with Crippen molar-refractivity contribution in [2.45, 2.75) is 64.9 Å². The Balaban J connectivity index is 0.000000531. The minimum absolute atomic E-state index is 0.385. The molecule has 1 aliphatic heterocycles. The van der Waals surface area contributed by atoms with E-state index < -0.39 is 0 Å². The smallest absolute Gasteiger partial charge is 0.0620 e. The molecule has 15 heavy (non-hydrogen) atoms. The molecule has 1 aliphatic carbocycles. The summed E-state index contributed by atoms with van der Waals surface area (Å²) in [4.78, 5) is 0. The minimum Gasteiger partial charge on any atom is -0.390 e. The van der Waals surface area contributed by atoms with Gasteiger partial charge in [-0.2, -0.15) is 0 Å².